The summed E-state index contributed by atoms with van der Waals surface area (Å²) in [6.07, 6.45) is 0. The number of methoxy groups -OCH3 is 1. The molecule has 3 aromatic rings. The Morgan fingerprint density at radius 1 is 1.22 bits per heavy atom. The molecule has 0 amide bonds. The summed E-state index contributed by atoms with van der Waals surface area (Å²) in [5.41, 5.74) is 10.1. The van der Waals surface area contributed by atoms with Gasteiger partial charge >= 0.3 is 0 Å². The zero-order chi connectivity index (χ0) is 19.7. The maximum absolute atomic E-state index is 6.21. The molecule has 0 aliphatic rings. The van der Waals surface area contributed by atoms with Crippen LogP contribution >= 0.6 is 11.6 Å². The predicted octanol–water partition coefficient (Wildman–Crippen LogP) is 5.61. The minimum atomic E-state index is 0.274. The highest BCUT2D eigenvalue weighted by Crippen LogP contribution is 2.39. The second kappa shape index (κ2) is 7.53. The fraction of sp³-hybridized carbons (Fsp3) is 0.286. The van der Waals surface area contributed by atoms with Crippen LogP contribution < -0.4 is 15.4 Å². The first-order valence-electron chi connectivity index (χ1n) is 8.75. The highest BCUT2D eigenvalue weighted by atomic mass is 35.5. The predicted molar refractivity (Wildman–Crippen MR) is 113 cm³/mol. The lowest BCUT2D eigenvalue weighted by Gasteiger charge is -2.22. The molecule has 0 spiro atoms. The molecule has 0 radical (unpaired) electrons. The number of aryl methyl sites for hydroxylation is 1. The van der Waals surface area contributed by atoms with Crippen molar-refractivity contribution in [2.45, 2.75) is 26.7 Å². The molecular weight excluding hydrogens is 362 g/mol. The molecular formula is C21H24ClN3O2. The number of nitrogens with zero attached hydrogens (tertiary/aromatic N) is 2. The van der Waals surface area contributed by atoms with Gasteiger partial charge in [0, 0.05) is 23.5 Å². The number of hydrogen-bond acceptors (Lipinski definition) is 3. The molecule has 1 heterocycles. The van der Waals surface area contributed by atoms with Crippen molar-refractivity contribution in [1.29, 1.82) is 0 Å². The second-order valence-electron chi connectivity index (χ2n) is 6.72. The van der Waals surface area contributed by atoms with Gasteiger partial charge in [0.15, 0.2) is 0 Å². The van der Waals surface area contributed by atoms with Crippen molar-refractivity contribution in [1.82, 2.24) is 0 Å². The number of nitrogens with two attached hydrogens (primary N) is 1. The van der Waals surface area contributed by atoms with Gasteiger partial charge in [-0.1, -0.05) is 25.4 Å². The van der Waals surface area contributed by atoms with E-state index in [0.717, 1.165) is 11.0 Å². The minimum absolute atomic E-state index is 0.274. The molecule has 6 heteroatoms. The second-order valence-corrected chi connectivity index (χ2v) is 7.16. The SMILES string of the molecule is CN=C(N)N(c1cc2cc(C(C)C)c(C)cc2o1)c1cc(Cl)ccc1OC. The van der Waals surface area contributed by atoms with Crippen LogP contribution in [0.2, 0.25) is 5.02 Å². The zero-order valence-corrected chi connectivity index (χ0v) is 17.0. The zero-order valence-electron chi connectivity index (χ0n) is 16.2. The van der Waals surface area contributed by atoms with E-state index in [-0.39, 0.29) is 5.96 Å². The molecule has 3 rings (SSSR count). The van der Waals surface area contributed by atoms with Crippen LogP contribution in [-0.4, -0.2) is 20.1 Å². The number of rotatable bonds is 4. The third-order valence-electron chi connectivity index (χ3n) is 4.57. The number of guanidine groups is 1. The molecule has 0 saturated carbocycles. The van der Waals surface area contributed by atoms with Crippen LogP contribution in [-0.2, 0) is 0 Å². The average Bonchev–Trinajstić information content (AvgIpc) is 3.03. The number of hydrogen-bond donors (Lipinski definition) is 1. The first-order chi connectivity index (χ1) is 12.8. The third-order valence-corrected chi connectivity index (χ3v) is 4.81. The van der Waals surface area contributed by atoms with Gasteiger partial charge in [0.25, 0.3) is 0 Å². The van der Waals surface area contributed by atoms with Gasteiger partial charge < -0.3 is 14.9 Å². The van der Waals surface area contributed by atoms with Crippen LogP contribution in [0.15, 0.2) is 45.8 Å². The third kappa shape index (κ3) is 3.60. The largest absolute Gasteiger partial charge is 0.495 e. The Morgan fingerprint density at radius 3 is 2.59 bits per heavy atom. The van der Waals surface area contributed by atoms with Crippen LogP contribution in [0.5, 0.6) is 5.75 Å². The van der Waals surface area contributed by atoms with E-state index >= 15 is 0 Å². The number of furan rings is 1. The molecule has 1 aromatic heterocycles. The van der Waals surface area contributed by atoms with E-state index in [0.29, 0.717) is 28.3 Å². The Labute approximate surface area is 164 Å². The van der Waals surface area contributed by atoms with Crippen molar-refractivity contribution < 1.29 is 9.15 Å². The van der Waals surface area contributed by atoms with Gasteiger partial charge in [0.05, 0.1) is 12.8 Å². The maximum Gasteiger partial charge on any atom is 0.208 e. The molecule has 27 heavy (non-hydrogen) atoms. The number of fused-ring (bicyclic) bond motifs is 1. The molecule has 0 aliphatic heterocycles. The van der Waals surface area contributed by atoms with Gasteiger partial charge in [-0.25, -0.2) is 4.90 Å². The lowest BCUT2D eigenvalue weighted by atomic mass is 9.97. The van der Waals surface area contributed by atoms with E-state index < -0.39 is 0 Å². The minimum Gasteiger partial charge on any atom is -0.495 e. The summed E-state index contributed by atoms with van der Waals surface area (Å²) < 4.78 is 11.6. The summed E-state index contributed by atoms with van der Waals surface area (Å²) in [4.78, 5) is 5.85. The molecule has 0 fully saturated rings. The van der Waals surface area contributed by atoms with Crippen molar-refractivity contribution in [3.05, 3.63) is 52.5 Å². The van der Waals surface area contributed by atoms with Crippen LogP contribution in [0, 0.1) is 6.92 Å². The van der Waals surface area contributed by atoms with Crippen LogP contribution in [0.25, 0.3) is 11.0 Å². The van der Waals surface area contributed by atoms with E-state index in [2.05, 4.69) is 37.9 Å². The lowest BCUT2D eigenvalue weighted by Crippen LogP contribution is -2.33. The molecule has 0 aliphatic carbocycles. The molecule has 2 aromatic carbocycles. The van der Waals surface area contributed by atoms with Gasteiger partial charge in [0.1, 0.15) is 11.3 Å². The number of anilines is 2. The Morgan fingerprint density at radius 2 is 1.96 bits per heavy atom. The van der Waals surface area contributed by atoms with E-state index in [9.17, 15) is 0 Å². The maximum atomic E-state index is 6.21. The number of halogens is 1. The van der Waals surface area contributed by atoms with Crippen molar-refractivity contribution in [3.63, 3.8) is 0 Å². The smallest absolute Gasteiger partial charge is 0.208 e. The van der Waals surface area contributed by atoms with E-state index in [1.807, 2.05) is 6.07 Å². The number of ether oxygens (including phenoxy) is 1. The highest BCUT2D eigenvalue weighted by molar-refractivity contribution is 6.31. The topological polar surface area (TPSA) is 64.0 Å². The summed E-state index contributed by atoms with van der Waals surface area (Å²) >= 11 is 6.21. The van der Waals surface area contributed by atoms with Gasteiger partial charge in [-0.15, -0.1) is 0 Å². The van der Waals surface area contributed by atoms with Gasteiger partial charge in [-0.05, 0) is 54.3 Å². The summed E-state index contributed by atoms with van der Waals surface area (Å²) in [5, 5.41) is 1.57. The van der Waals surface area contributed by atoms with E-state index in [4.69, 9.17) is 26.5 Å². The summed E-state index contributed by atoms with van der Waals surface area (Å²) in [6.45, 7) is 6.46. The highest BCUT2D eigenvalue weighted by Gasteiger charge is 2.22. The number of benzene rings is 2. The first kappa shape index (κ1) is 19.1. The summed E-state index contributed by atoms with van der Waals surface area (Å²) in [6, 6.07) is 11.5. The van der Waals surface area contributed by atoms with Crippen LogP contribution in [0.3, 0.4) is 0 Å². The van der Waals surface area contributed by atoms with Crippen LogP contribution in [0.4, 0.5) is 11.6 Å². The number of aliphatic imine (C=N–C) groups is 1. The van der Waals surface area contributed by atoms with Crippen molar-refractivity contribution in [3.8, 4) is 5.75 Å². The quantitative estimate of drug-likeness (QED) is 0.468. The Hall–Kier alpha value is -2.66. The Kier molecular flexibility index (Phi) is 5.33. The molecule has 0 saturated heterocycles. The van der Waals surface area contributed by atoms with E-state index in [1.54, 1.807) is 37.3 Å². The molecule has 0 atom stereocenters. The molecule has 5 nitrogen and oxygen atoms in total. The molecule has 142 valence electrons. The van der Waals surface area contributed by atoms with Gasteiger partial charge in [-0.3, -0.25) is 4.99 Å². The van der Waals surface area contributed by atoms with Gasteiger partial charge in [0.2, 0.25) is 11.8 Å². The van der Waals surface area contributed by atoms with Gasteiger partial charge in [-0.2, -0.15) is 0 Å². The molecule has 0 bridgehead atoms. The van der Waals surface area contributed by atoms with Crippen molar-refractivity contribution in [2.24, 2.45) is 10.7 Å². The summed E-state index contributed by atoms with van der Waals surface area (Å²) in [5.74, 6) is 1.87. The fourth-order valence-corrected chi connectivity index (χ4v) is 3.38. The van der Waals surface area contributed by atoms with Crippen LogP contribution in [0.1, 0.15) is 30.9 Å². The lowest BCUT2D eigenvalue weighted by molar-refractivity contribution is 0.415. The molecule has 0 unspecified atom stereocenters. The summed E-state index contributed by atoms with van der Waals surface area (Å²) in [7, 11) is 3.23. The van der Waals surface area contributed by atoms with E-state index in [1.165, 1.54) is 11.1 Å². The first-order valence-corrected chi connectivity index (χ1v) is 9.13. The van der Waals surface area contributed by atoms with Crippen molar-refractivity contribution >= 4 is 40.1 Å². The monoisotopic (exact) mass is 385 g/mol. The Balaban J connectivity index is 2.21. The average molecular weight is 386 g/mol. The standard InChI is InChI=1S/C21H24ClN3O2/c1-12(2)16-9-14-10-20(27-19(14)8-13(16)3)25(21(23)24-4)17-11-15(22)6-7-18(17)26-5/h6-12H,1-5H3,(H2,23,24). The molecule has 2 N–H and O–H groups in total. The van der Waals surface area contributed by atoms with Crippen molar-refractivity contribution in [2.75, 3.05) is 19.1 Å². The normalized spacial score (nSPS) is 12.0. The fourth-order valence-electron chi connectivity index (χ4n) is 3.22. The Bertz CT molecular complexity index is 1010.